The SMILES string of the molecule is O=C(O)c1ccc(NCC(O)CO)cc1Br. The molecule has 0 radical (unpaired) electrons. The summed E-state index contributed by atoms with van der Waals surface area (Å²) < 4.78 is 0.462. The van der Waals surface area contributed by atoms with E-state index in [1.165, 1.54) is 6.07 Å². The summed E-state index contributed by atoms with van der Waals surface area (Å²) >= 11 is 3.14. The monoisotopic (exact) mass is 289 g/mol. The molecule has 6 heteroatoms. The number of aromatic carboxylic acids is 1. The molecule has 0 amide bonds. The van der Waals surface area contributed by atoms with Crippen molar-refractivity contribution < 1.29 is 20.1 Å². The van der Waals surface area contributed by atoms with Crippen molar-refractivity contribution in [2.75, 3.05) is 18.5 Å². The van der Waals surface area contributed by atoms with Gasteiger partial charge in [0.2, 0.25) is 0 Å². The molecule has 1 aromatic rings. The standard InChI is InChI=1S/C10H12BrNO4/c11-9-3-6(12-4-7(14)5-13)1-2-8(9)10(15)16/h1-3,7,12-14H,4-5H2,(H,15,16). The molecular formula is C10H12BrNO4. The number of halogens is 1. The average Bonchev–Trinajstić information content (AvgIpc) is 2.25. The van der Waals surface area contributed by atoms with E-state index in [1.54, 1.807) is 12.1 Å². The van der Waals surface area contributed by atoms with Gasteiger partial charge in [0.25, 0.3) is 0 Å². The Bertz CT molecular complexity index is 383. The number of anilines is 1. The van der Waals surface area contributed by atoms with Crippen LogP contribution in [0.3, 0.4) is 0 Å². The predicted octanol–water partition coefficient (Wildman–Crippen LogP) is 0.912. The number of benzene rings is 1. The van der Waals surface area contributed by atoms with Crippen molar-refractivity contribution in [3.63, 3.8) is 0 Å². The van der Waals surface area contributed by atoms with Crippen molar-refractivity contribution >= 4 is 27.6 Å². The van der Waals surface area contributed by atoms with Gasteiger partial charge >= 0.3 is 5.97 Å². The summed E-state index contributed by atoms with van der Waals surface area (Å²) in [5.74, 6) is -1.01. The van der Waals surface area contributed by atoms with Gasteiger partial charge in [0.05, 0.1) is 18.3 Å². The molecule has 1 atom stereocenters. The van der Waals surface area contributed by atoms with Crippen LogP contribution in [0, 0.1) is 0 Å². The fourth-order valence-electron chi connectivity index (χ4n) is 1.10. The zero-order valence-electron chi connectivity index (χ0n) is 8.35. The van der Waals surface area contributed by atoms with Gasteiger partial charge < -0.3 is 20.6 Å². The summed E-state index contributed by atoms with van der Waals surface area (Å²) in [6, 6.07) is 4.66. The number of nitrogens with one attached hydrogen (secondary N) is 1. The van der Waals surface area contributed by atoms with Gasteiger partial charge in [-0.1, -0.05) is 0 Å². The lowest BCUT2D eigenvalue weighted by Gasteiger charge is -2.11. The second kappa shape index (κ2) is 5.83. The summed E-state index contributed by atoms with van der Waals surface area (Å²) in [6.45, 7) is -0.114. The minimum absolute atomic E-state index is 0.174. The van der Waals surface area contributed by atoms with Crippen molar-refractivity contribution in [1.29, 1.82) is 0 Å². The molecule has 1 rings (SSSR count). The van der Waals surface area contributed by atoms with Crippen LogP contribution < -0.4 is 5.32 Å². The van der Waals surface area contributed by atoms with Crippen LogP contribution in [0.25, 0.3) is 0 Å². The zero-order valence-corrected chi connectivity index (χ0v) is 9.94. The lowest BCUT2D eigenvalue weighted by Crippen LogP contribution is -2.22. The second-order valence-corrected chi connectivity index (χ2v) is 4.07. The first-order valence-electron chi connectivity index (χ1n) is 4.60. The zero-order chi connectivity index (χ0) is 12.1. The molecule has 0 spiro atoms. The number of rotatable bonds is 5. The Hall–Kier alpha value is -1.11. The summed E-state index contributed by atoms with van der Waals surface area (Å²) in [6.07, 6.45) is -0.835. The number of aliphatic hydroxyl groups is 2. The first kappa shape index (κ1) is 13.0. The predicted molar refractivity (Wildman–Crippen MR) is 62.7 cm³/mol. The van der Waals surface area contributed by atoms with Gasteiger partial charge in [0.15, 0.2) is 0 Å². The van der Waals surface area contributed by atoms with Crippen LogP contribution in [0.15, 0.2) is 22.7 Å². The van der Waals surface area contributed by atoms with E-state index in [1.807, 2.05) is 0 Å². The van der Waals surface area contributed by atoms with Crippen LogP contribution in [-0.2, 0) is 0 Å². The summed E-state index contributed by atoms with van der Waals surface area (Å²) in [4.78, 5) is 10.7. The Morgan fingerprint density at radius 1 is 1.50 bits per heavy atom. The molecular weight excluding hydrogens is 278 g/mol. The van der Waals surface area contributed by atoms with E-state index in [4.69, 9.17) is 15.3 Å². The normalized spacial score (nSPS) is 12.2. The second-order valence-electron chi connectivity index (χ2n) is 3.22. The molecule has 0 saturated carbocycles. The van der Waals surface area contributed by atoms with Gasteiger partial charge in [0.1, 0.15) is 0 Å². The maximum absolute atomic E-state index is 10.7. The van der Waals surface area contributed by atoms with E-state index in [9.17, 15) is 4.79 Å². The number of hydrogen-bond donors (Lipinski definition) is 4. The molecule has 0 heterocycles. The van der Waals surface area contributed by atoms with Gasteiger partial charge in [0, 0.05) is 16.7 Å². The molecule has 88 valence electrons. The van der Waals surface area contributed by atoms with Gasteiger partial charge in [-0.05, 0) is 34.1 Å². The van der Waals surface area contributed by atoms with Crippen molar-refractivity contribution in [3.8, 4) is 0 Å². The van der Waals surface area contributed by atoms with E-state index in [0.29, 0.717) is 10.2 Å². The number of aliphatic hydroxyl groups excluding tert-OH is 2. The molecule has 0 fully saturated rings. The van der Waals surface area contributed by atoms with E-state index in [-0.39, 0.29) is 18.7 Å². The lowest BCUT2D eigenvalue weighted by molar-refractivity contribution is 0.0696. The van der Waals surface area contributed by atoms with Crippen LogP contribution in [0.1, 0.15) is 10.4 Å². The number of carboxylic acid groups (broad SMARTS) is 1. The van der Waals surface area contributed by atoms with Crippen LogP contribution in [0.5, 0.6) is 0 Å². The molecule has 0 aliphatic heterocycles. The van der Waals surface area contributed by atoms with Gasteiger partial charge in [-0.25, -0.2) is 4.79 Å². The highest BCUT2D eigenvalue weighted by atomic mass is 79.9. The summed E-state index contributed by atoms with van der Waals surface area (Å²) in [7, 11) is 0. The minimum atomic E-state index is -1.01. The third-order valence-corrected chi connectivity index (χ3v) is 2.61. The van der Waals surface area contributed by atoms with E-state index >= 15 is 0 Å². The fourth-order valence-corrected chi connectivity index (χ4v) is 1.65. The maximum atomic E-state index is 10.7. The molecule has 1 unspecified atom stereocenters. The molecule has 5 nitrogen and oxygen atoms in total. The summed E-state index contributed by atoms with van der Waals surface area (Å²) in [5.41, 5.74) is 0.845. The van der Waals surface area contributed by atoms with Crippen LogP contribution >= 0.6 is 15.9 Å². The van der Waals surface area contributed by atoms with E-state index in [0.717, 1.165) is 0 Å². The van der Waals surface area contributed by atoms with E-state index in [2.05, 4.69) is 21.2 Å². The van der Waals surface area contributed by atoms with Crippen molar-refractivity contribution in [2.45, 2.75) is 6.10 Å². The minimum Gasteiger partial charge on any atom is -0.478 e. The first-order valence-corrected chi connectivity index (χ1v) is 5.39. The average molecular weight is 290 g/mol. The van der Waals surface area contributed by atoms with Crippen LogP contribution in [0.4, 0.5) is 5.69 Å². The smallest absolute Gasteiger partial charge is 0.336 e. The highest BCUT2D eigenvalue weighted by Crippen LogP contribution is 2.21. The Kier molecular flexibility index (Phi) is 4.72. The van der Waals surface area contributed by atoms with Crippen LogP contribution in [0.2, 0.25) is 0 Å². The molecule has 16 heavy (non-hydrogen) atoms. The molecule has 4 N–H and O–H groups in total. The Labute approximate surface area is 101 Å². The lowest BCUT2D eigenvalue weighted by atomic mass is 10.2. The number of hydrogen-bond acceptors (Lipinski definition) is 4. The topological polar surface area (TPSA) is 89.8 Å². The maximum Gasteiger partial charge on any atom is 0.336 e. The highest BCUT2D eigenvalue weighted by molar-refractivity contribution is 9.10. The number of carbonyl (C=O) groups is 1. The molecule has 0 saturated heterocycles. The van der Waals surface area contributed by atoms with Gasteiger partial charge in [-0.3, -0.25) is 0 Å². The Morgan fingerprint density at radius 2 is 2.19 bits per heavy atom. The van der Waals surface area contributed by atoms with E-state index < -0.39 is 12.1 Å². The highest BCUT2D eigenvalue weighted by Gasteiger charge is 2.08. The van der Waals surface area contributed by atoms with Crippen molar-refractivity contribution in [3.05, 3.63) is 28.2 Å². The molecule has 0 bridgehead atoms. The molecule has 1 aromatic carbocycles. The Morgan fingerprint density at radius 3 is 2.69 bits per heavy atom. The van der Waals surface area contributed by atoms with Crippen molar-refractivity contribution in [1.82, 2.24) is 0 Å². The van der Waals surface area contributed by atoms with Crippen LogP contribution in [-0.4, -0.2) is 40.5 Å². The third-order valence-electron chi connectivity index (χ3n) is 1.95. The van der Waals surface area contributed by atoms with Gasteiger partial charge in [-0.15, -0.1) is 0 Å². The quantitative estimate of drug-likeness (QED) is 0.647. The largest absolute Gasteiger partial charge is 0.478 e. The van der Waals surface area contributed by atoms with Crippen molar-refractivity contribution in [2.24, 2.45) is 0 Å². The molecule has 0 aliphatic rings. The summed E-state index contributed by atoms with van der Waals surface area (Å²) in [5, 5.41) is 29.4. The Balaban J connectivity index is 2.70. The molecule has 0 aromatic heterocycles. The number of carboxylic acids is 1. The third kappa shape index (κ3) is 3.48. The van der Waals surface area contributed by atoms with Gasteiger partial charge in [-0.2, -0.15) is 0 Å². The fraction of sp³-hybridized carbons (Fsp3) is 0.300. The molecule has 0 aliphatic carbocycles. The first-order chi connectivity index (χ1) is 7.54.